The Bertz CT molecular complexity index is 558. The third kappa shape index (κ3) is 3.84. The van der Waals surface area contributed by atoms with Crippen molar-refractivity contribution >= 4 is 11.6 Å². The van der Waals surface area contributed by atoms with Crippen LogP contribution < -0.4 is 5.32 Å². The second-order valence-corrected chi connectivity index (χ2v) is 6.06. The van der Waals surface area contributed by atoms with Gasteiger partial charge in [-0.3, -0.25) is 0 Å². The van der Waals surface area contributed by atoms with Crippen molar-refractivity contribution in [2.75, 3.05) is 7.05 Å². The monoisotopic (exact) mass is 287 g/mol. The van der Waals surface area contributed by atoms with Crippen LogP contribution in [0.25, 0.3) is 11.1 Å². The zero-order valence-corrected chi connectivity index (χ0v) is 13.2. The Hall–Kier alpha value is -1.31. The van der Waals surface area contributed by atoms with Gasteiger partial charge in [-0.2, -0.15) is 0 Å². The molecule has 0 saturated heterocycles. The van der Waals surface area contributed by atoms with Gasteiger partial charge in [-0.1, -0.05) is 55.8 Å². The minimum atomic E-state index is 0.687. The Balaban J connectivity index is 2.33. The van der Waals surface area contributed by atoms with Crippen LogP contribution in [0.4, 0.5) is 0 Å². The molecule has 0 bridgehead atoms. The summed E-state index contributed by atoms with van der Waals surface area (Å²) in [5, 5.41) is 3.99. The molecule has 0 spiro atoms. The lowest BCUT2D eigenvalue weighted by Gasteiger charge is -2.11. The molecule has 0 aliphatic rings. The molecule has 1 nitrogen and oxygen atoms in total. The molecule has 0 heterocycles. The molecule has 2 rings (SSSR count). The van der Waals surface area contributed by atoms with Gasteiger partial charge in [-0.15, -0.1) is 0 Å². The third-order valence-corrected chi connectivity index (χ3v) is 3.58. The lowest BCUT2D eigenvalue weighted by atomic mass is 9.96. The third-order valence-electron chi connectivity index (χ3n) is 3.35. The Morgan fingerprint density at radius 2 is 1.75 bits per heavy atom. The van der Waals surface area contributed by atoms with Crippen molar-refractivity contribution in [1.29, 1.82) is 0 Å². The van der Waals surface area contributed by atoms with Gasteiger partial charge in [0.25, 0.3) is 0 Å². The second kappa shape index (κ2) is 6.92. The quantitative estimate of drug-likeness (QED) is 0.822. The van der Waals surface area contributed by atoms with E-state index < -0.39 is 0 Å². The molecule has 1 N–H and O–H groups in total. The molecule has 0 amide bonds. The second-order valence-electron chi connectivity index (χ2n) is 5.63. The first-order chi connectivity index (χ1) is 9.60. The largest absolute Gasteiger partial charge is 0.316 e. The van der Waals surface area contributed by atoms with E-state index in [1.807, 2.05) is 19.2 Å². The van der Waals surface area contributed by atoms with Gasteiger partial charge in [0.15, 0.2) is 0 Å². The zero-order chi connectivity index (χ0) is 14.5. The molecule has 0 atom stereocenters. The van der Waals surface area contributed by atoms with Crippen LogP contribution in [0.1, 0.15) is 25.0 Å². The van der Waals surface area contributed by atoms with E-state index in [1.165, 1.54) is 22.3 Å². The average Bonchev–Trinajstić information content (AvgIpc) is 2.41. The van der Waals surface area contributed by atoms with Crippen LogP contribution in [-0.2, 0) is 13.0 Å². The summed E-state index contributed by atoms with van der Waals surface area (Å²) in [6.07, 6.45) is 1.12. The van der Waals surface area contributed by atoms with E-state index in [1.54, 1.807) is 0 Å². The minimum absolute atomic E-state index is 0.687. The van der Waals surface area contributed by atoms with Crippen molar-refractivity contribution in [2.45, 2.75) is 26.8 Å². The first kappa shape index (κ1) is 15.1. The highest BCUT2D eigenvalue weighted by atomic mass is 35.5. The van der Waals surface area contributed by atoms with Gasteiger partial charge >= 0.3 is 0 Å². The highest BCUT2D eigenvalue weighted by Crippen LogP contribution is 2.27. The summed E-state index contributed by atoms with van der Waals surface area (Å²) in [5.41, 5.74) is 5.10. The van der Waals surface area contributed by atoms with Crippen LogP contribution in [0.15, 0.2) is 42.5 Å². The summed E-state index contributed by atoms with van der Waals surface area (Å²) in [4.78, 5) is 0. The molecule has 0 aliphatic carbocycles. The van der Waals surface area contributed by atoms with Crippen LogP contribution in [-0.4, -0.2) is 7.05 Å². The number of hydrogen-bond donors (Lipinski definition) is 1. The SMILES string of the molecule is CNCc1ccc(Cl)cc1-c1ccc(CC(C)C)cc1. The molecular weight excluding hydrogens is 266 g/mol. The Labute approximate surface area is 127 Å². The number of benzene rings is 2. The van der Waals surface area contributed by atoms with Crippen molar-refractivity contribution < 1.29 is 0 Å². The van der Waals surface area contributed by atoms with Crippen molar-refractivity contribution in [3.05, 3.63) is 58.6 Å². The van der Waals surface area contributed by atoms with Crippen LogP contribution >= 0.6 is 11.6 Å². The van der Waals surface area contributed by atoms with E-state index in [2.05, 4.69) is 49.5 Å². The molecule has 20 heavy (non-hydrogen) atoms. The van der Waals surface area contributed by atoms with E-state index >= 15 is 0 Å². The predicted octanol–water partition coefficient (Wildman–Crippen LogP) is 4.92. The van der Waals surface area contributed by atoms with Crippen molar-refractivity contribution in [1.82, 2.24) is 5.32 Å². The normalized spacial score (nSPS) is 11.1. The topological polar surface area (TPSA) is 12.0 Å². The molecule has 2 heteroatoms. The number of rotatable bonds is 5. The Morgan fingerprint density at radius 3 is 2.35 bits per heavy atom. The van der Waals surface area contributed by atoms with Crippen molar-refractivity contribution in [3.63, 3.8) is 0 Å². The molecule has 2 aromatic rings. The van der Waals surface area contributed by atoms with Gasteiger partial charge in [0, 0.05) is 11.6 Å². The van der Waals surface area contributed by atoms with E-state index in [0.29, 0.717) is 5.92 Å². The predicted molar refractivity (Wildman–Crippen MR) is 88.2 cm³/mol. The molecule has 0 aliphatic heterocycles. The first-order valence-corrected chi connectivity index (χ1v) is 7.50. The van der Waals surface area contributed by atoms with E-state index in [4.69, 9.17) is 11.6 Å². The summed E-state index contributed by atoms with van der Waals surface area (Å²) in [6.45, 7) is 5.34. The number of nitrogens with one attached hydrogen (secondary N) is 1. The Kier molecular flexibility index (Phi) is 5.22. The highest BCUT2D eigenvalue weighted by Gasteiger charge is 2.06. The van der Waals surface area contributed by atoms with Gasteiger partial charge in [0.1, 0.15) is 0 Å². The maximum Gasteiger partial charge on any atom is 0.0412 e. The maximum absolute atomic E-state index is 6.15. The van der Waals surface area contributed by atoms with E-state index in [-0.39, 0.29) is 0 Å². The number of halogens is 1. The molecule has 0 unspecified atom stereocenters. The van der Waals surface area contributed by atoms with Gasteiger partial charge in [0.2, 0.25) is 0 Å². The van der Waals surface area contributed by atoms with Gasteiger partial charge in [-0.25, -0.2) is 0 Å². The molecule has 0 aromatic heterocycles. The lowest BCUT2D eigenvalue weighted by Crippen LogP contribution is -2.06. The summed E-state index contributed by atoms with van der Waals surface area (Å²) in [6, 6.07) is 14.9. The lowest BCUT2D eigenvalue weighted by molar-refractivity contribution is 0.647. The van der Waals surface area contributed by atoms with Gasteiger partial charge in [-0.05, 0) is 53.8 Å². The van der Waals surface area contributed by atoms with Crippen LogP contribution in [0, 0.1) is 5.92 Å². The molecule has 0 radical (unpaired) electrons. The summed E-state index contributed by atoms with van der Waals surface area (Å²) >= 11 is 6.15. The molecule has 2 aromatic carbocycles. The average molecular weight is 288 g/mol. The number of hydrogen-bond acceptors (Lipinski definition) is 1. The molecular formula is C18H22ClN. The Morgan fingerprint density at radius 1 is 1.05 bits per heavy atom. The van der Waals surface area contributed by atoms with Crippen LogP contribution in [0.5, 0.6) is 0 Å². The first-order valence-electron chi connectivity index (χ1n) is 7.12. The van der Waals surface area contributed by atoms with Crippen LogP contribution in [0.2, 0.25) is 5.02 Å². The zero-order valence-electron chi connectivity index (χ0n) is 12.4. The molecule has 0 saturated carbocycles. The highest BCUT2D eigenvalue weighted by molar-refractivity contribution is 6.30. The van der Waals surface area contributed by atoms with Gasteiger partial charge < -0.3 is 5.32 Å². The smallest absolute Gasteiger partial charge is 0.0412 e. The fourth-order valence-electron chi connectivity index (χ4n) is 2.45. The maximum atomic E-state index is 6.15. The van der Waals surface area contributed by atoms with Gasteiger partial charge in [0.05, 0.1) is 0 Å². The summed E-state index contributed by atoms with van der Waals surface area (Å²) in [5.74, 6) is 0.687. The summed E-state index contributed by atoms with van der Waals surface area (Å²) < 4.78 is 0. The van der Waals surface area contributed by atoms with Crippen molar-refractivity contribution in [2.24, 2.45) is 5.92 Å². The molecule has 106 valence electrons. The minimum Gasteiger partial charge on any atom is -0.316 e. The molecule has 0 fully saturated rings. The fourth-order valence-corrected chi connectivity index (χ4v) is 2.63. The van der Waals surface area contributed by atoms with Crippen LogP contribution in [0.3, 0.4) is 0 Å². The van der Waals surface area contributed by atoms with E-state index in [9.17, 15) is 0 Å². The van der Waals surface area contributed by atoms with Crippen molar-refractivity contribution in [3.8, 4) is 11.1 Å². The fraction of sp³-hybridized carbons (Fsp3) is 0.333. The van der Waals surface area contributed by atoms with E-state index in [0.717, 1.165) is 18.0 Å². The standard InChI is InChI=1S/C18H22ClN/c1-13(2)10-14-4-6-15(7-5-14)18-11-17(19)9-8-16(18)12-20-3/h4-9,11,13,20H,10,12H2,1-3H3. The summed E-state index contributed by atoms with van der Waals surface area (Å²) in [7, 11) is 1.96.